The van der Waals surface area contributed by atoms with Gasteiger partial charge in [0.1, 0.15) is 0 Å². The third-order valence-electron chi connectivity index (χ3n) is 4.76. The minimum atomic E-state index is 0.366. The van der Waals surface area contributed by atoms with Crippen LogP contribution in [0.1, 0.15) is 38.8 Å². The Hall–Kier alpha value is -0.580. The molecule has 21 heavy (non-hydrogen) atoms. The zero-order valence-electron chi connectivity index (χ0n) is 13.7. The van der Waals surface area contributed by atoms with E-state index in [9.17, 15) is 0 Å². The van der Waals surface area contributed by atoms with Gasteiger partial charge in [-0.1, -0.05) is 22.9 Å². The van der Waals surface area contributed by atoms with E-state index in [1.807, 2.05) is 7.05 Å². The van der Waals surface area contributed by atoms with Gasteiger partial charge in [-0.25, -0.2) is 0 Å². The van der Waals surface area contributed by atoms with E-state index in [-0.39, 0.29) is 0 Å². The highest BCUT2D eigenvalue weighted by Gasteiger charge is 2.22. The van der Waals surface area contributed by atoms with E-state index in [4.69, 9.17) is 0 Å². The molecule has 1 aromatic rings. The predicted molar refractivity (Wildman–Crippen MR) is 95.2 cm³/mol. The zero-order valence-corrected chi connectivity index (χ0v) is 15.3. The summed E-state index contributed by atoms with van der Waals surface area (Å²) < 4.78 is 1.15. The zero-order chi connectivity index (χ0) is 15.4. The SMILES string of the molecule is CCC(C)N1CCN(c2ccc(Br)cc2C(C)NC)CC1. The molecule has 3 nitrogen and oxygen atoms in total. The van der Waals surface area contributed by atoms with E-state index in [2.05, 4.69) is 70.0 Å². The second-order valence-corrected chi connectivity index (χ2v) is 6.91. The van der Waals surface area contributed by atoms with Crippen molar-refractivity contribution in [3.63, 3.8) is 0 Å². The molecule has 1 aromatic carbocycles. The standard InChI is InChI=1S/C17H28BrN3/c1-5-13(2)20-8-10-21(11-9-20)17-7-6-15(18)12-16(17)14(3)19-4/h6-7,12-14,19H,5,8-11H2,1-4H3. The monoisotopic (exact) mass is 353 g/mol. The molecule has 118 valence electrons. The van der Waals surface area contributed by atoms with Crippen LogP contribution in [0.25, 0.3) is 0 Å². The summed E-state index contributed by atoms with van der Waals surface area (Å²) in [6, 6.07) is 7.73. The molecule has 0 radical (unpaired) electrons. The van der Waals surface area contributed by atoms with Gasteiger partial charge in [0.05, 0.1) is 0 Å². The smallest absolute Gasteiger partial charge is 0.0416 e. The Kier molecular flexibility index (Phi) is 6.08. The molecule has 0 amide bonds. The lowest BCUT2D eigenvalue weighted by molar-refractivity contribution is 0.192. The number of anilines is 1. The molecule has 1 heterocycles. The molecule has 1 fully saturated rings. The Morgan fingerprint density at radius 2 is 1.86 bits per heavy atom. The summed E-state index contributed by atoms with van der Waals surface area (Å²) in [5, 5.41) is 3.37. The average Bonchev–Trinajstić information content (AvgIpc) is 2.53. The van der Waals surface area contributed by atoms with Crippen LogP contribution in [0.15, 0.2) is 22.7 Å². The Morgan fingerprint density at radius 3 is 2.43 bits per heavy atom. The lowest BCUT2D eigenvalue weighted by atomic mass is 10.0. The van der Waals surface area contributed by atoms with Crippen molar-refractivity contribution in [3.8, 4) is 0 Å². The fraction of sp³-hybridized carbons (Fsp3) is 0.647. The number of halogens is 1. The maximum Gasteiger partial charge on any atom is 0.0416 e. The third kappa shape index (κ3) is 3.99. The van der Waals surface area contributed by atoms with Gasteiger partial charge in [-0.3, -0.25) is 4.90 Å². The third-order valence-corrected chi connectivity index (χ3v) is 5.25. The molecule has 0 aromatic heterocycles. The number of rotatable bonds is 5. The van der Waals surface area contributed by atoms with Gasteiger partial charge >= 0.3 is 0 Å². The molecule has 2 unspecified atom stereocenters. The Bertz CT molecular complexity index is 455. The molecule has 0 bridgehead atoms. The number of hydrogen-bond donors (Lipinski definition) is 1. The molecule has 1 saturated heterocycles. The maximum atomic E-state index is 3.60. The van der Waals surface area contributed by atoms with Crippen LogP contribution in [0, 0.1) is 0 Å². The molecule has 0 saturated carbocycles. The summed E-state index contributed by atoms with van der Waals surface area (Å²) in [7, 11) is 2.02. The van der Waals surface area contributed by atoms with Gasteiger partial charge in [0.15, 0.2) is 0 Å². The largest absolute Gasteiger partial charge is 0.369 e. The first-order valence-corrected chi connectivity index (χ1v) is 8.81. The van der Waals surface area contributed by atoms with Crippen LogP contribution in [0.5, 0.6) is 0 Å². The van der Waals surface area contributed by atoms with Crippen LogP contribution < -0.4 is 10.2 Å². The van der Waals surface area contributed by atoms with Crippen LogP contribution in [0.3, 0.4) is 0 Å². The van der Waals surface area contributed by atoms with Gasteiger partial charge in [0, 0.05) is 48.4 Å². The fourth-order valence-electron chi connectivity index (χ4n) is 2.98. The first-order chi connectivity index (χ1) is 10.1. The molecule has 1 aliphatic rings. The highest BCUT2D eigenvalue weighted by molar-refractivity contribution is 9.10. The van der Waals surface area contributed by atoms with E-state index in [1.165, 1.54) is 30.8 Å². The lowest BCUT2D eigenvalue weighted by Gasteiger charge is -2.40. The number of benzene rings is 1. The van der Waals surface area contributed by atoms with Crippen LogP contribution in [0.4, 0.5) is 5.69 Å². The Balaban J connectivity index is 2.13. The van der Waals surface area contributed by atoms with E-state index >= 15 is 0 Å². The predicted octanol–water partition coefficient (Wildman–Crippen LogP) is 3.65. The van der Waals surface area contributed by atoms with Crippen molar-refractivity contribution in [1.82, 2.24) is 10.2 Å². The number of hydrogen-bond acceptors (Lipinski definition) is 3. The second kappa shape index (κ2) is 7.61. The summed E-state index contributed by atoms with van der Waals surface area (Å²) in [4.78, 5) is 5.14. The summed E-state index contributed by atoms with van der Waals surface area (Å²) in [5.41, 5.74) is 2.76. The minimum absolute atomic E-state index is 0.366. The van der Waals surface area contributed by atoms with Crippen molar-refractivity contribution in [3.05, 3.63) is 28.2 Å². The molecule has 1 N–H and O–H groups in total. The summed E-state index contributed by atoms with van der Waals surface area (Å²) in [6.07, 6.45) is 1.24. The summed E-state index contributed by atoms with van der Waals surface area (Å²) in [6.45, 7) is 11.4. The molecular weight excluding hydrogens is 326 g/mol. The van der Waals surface area contributed by atoms with Crippen LogP contribution >= 0.6 is 15.9 Å². The topological polar surface area (TPSA) is 18.5 Å². The maximum absolute atomic E-state index is 3.60. The van der Waals surface area contributed by atoms with E-state index in [1.54, 1.807) is 0 Å². The number of nitrogens with one attached hydrogen (secondary N) is 1. The van der Waals surface area contributed by atoms with Crippen molar-refractivity contribution < 1.29 is 0 Å². The van der Waals surface area contributed by atoms with Crippen molar-refractivity contribution >= 4 is 21.6 Å². The van der Waals surface area contributed by atoms with Crippen molar-refractivity contribution in [2.75, 3.05) is 38.1 Å². The van der Waals surface area contributed by atoms with Gasteiger partial charge in [0.25, 0.3) is 0 Å². The summed E-state index contributed by atoms with van der Waals surface area (Å²) in [5.74, 6) is 0. The molecule has 0 aliphatic carbocycles. The molecule has 4 heteroatoms. The highest BCUT2D eigenvalue weighted by Crippen LogP contribution is 2.30. The Labute approximate surface area is 137 Å². The highest BCUT2D eigenvalue weighted by atomic mass is 79.9. The van der Waals surface area contributed by atoms with Crippen LogP contribution in [-0.4, -0.2) is 44.2 Å². The first kappa shape index (κ1) is 16.8. The fourth-order valence-corrected chi connectivity index (χ4v) is 3.36. The van der Waals surface area contributed by atoms with Crippen LogP contribution in [0.2, 0.25) is 0 Å². The Morgan fingerprint density at radius 1 is 1.19 bits per heavy atom. The molecule has 0 spiro atoms. The molecule has 1 aliphatic heterocycles. The van der Waals surface area contributed by atoms with E-state index in [0.29, 0.717) is 12.1 Å². The van der Waals surface area contributed by atoms with Crippen molar-refractivity contribution in [1.29, 1.82) is 0 Å². The molecule has 2 rings (SSSR count). The second-order valence-electron chi connectivity index (χ2n) is 5.99. The van der Waals surface area contributed by atoms with Gasteiger partial charge in [-0.15, -0.1) is 0 Å². The van der Waals surface area contributed by atoms with Crippen molar-refractivity contribution in [2.45, 2.75) is 39.3 Å². The first-order valence-electron chi connectivity index (χ1n) is 8.02. The minimum Gasteiger partial charge on any atom is -0.369 e. The van der Waals surface area contributed by atoms with Gasteiger partial charge in [-0.2, -0.15) is 0 Å². The van der Waals surface area contributed by atoms with Gasteiger partial charge in [-0.05, 0) is 51.1 Å². The van der Waals surface area contributed by atoms with E-state index < -0.39 is 0 Å². The lowest BCUT2D eigenvalue weighted by Crippen LogP contribution is -2.49. The van der Waals surface area contributed by atoms with Crippen molar-refractivity contribution in [2.24, 2.45) is 0 Å². The molecule has 2 atom stereocenters. The normalized spacial score (nSPS) is 19.6. The molecular formula is C17H28BrN3. The van der Waals surface area contributed by atoms with E-state index in [0.717, 1.165) is 17.6 Å². The quantitative estimate of drug-likeness (QED) is 0.871. The average molecular weight is 354 g/mol. The number of nitrogens with zero attached hydrogens (tertiary/aromatic N) is 2. The number of piperazine rings is 1. The van der Waals surface area contributed by atoms with Gasteiger partial charge < -0.3 is 10.2 Å². The van der Waals surface area contributed by atoms with Gasteiger partial charge in [0.2, 0.25) is 0 Å². The van der Waals surface area contributed by atoms with Crippen LogP contribution in [-0.2, 0) is 0 Å². The summed E-state index contributed by atoms with van der Waals surface area (Å²) >= 11 is 3.60.